The van der Waals surface area contributed by atoms with Gasteiger partial charge in [-0.2, -0.15) is 0 Å². The molecule has 0 aliphatic carbocycles. The molecule has 0 aliphatic heterocycles. The lowest BCUT2D eigenvalue weighted by atomic mass is 10.2. The molecule has 3 rings (SSSR count). The number of aromatic nitrogens is 3. The highest BCUT2D eigenvalue weighted by atomic mass is 35.5. The molecule has 0 bridgehead atoms. The van der Waals surface area contributed by atoms with E-state index in [1.54, 1.807) is 22.9 Å². The van der Waals surface area contributed by atoms with Crippen LogP contribution in [0.1, 0.15) is 0 Å². The molecule has 0 atom stereocenters. The van der Waals surface area contributed by atoms with Gasteiger partial charge in [-0.1, -0.05) is 23.2 Å². The van der Waals surface area contributed by atoms with Crippen molar-refractivity contribution < 1.29 is 4.79 Å². The van der Waals surface area contributed by atoms with Gasteiger partial charge >= 0.3 is 0 Å². The second-order valence-electron chi connectivity index (χ2n) is 6.15. The maximum atomic E-state index is 12.4. The van der Waals surface area contributed by atoms with Gasteiger partial charge in [0.2, 0.25) is 5.91 Å². The number of benzene rings is 1. The number of halogens is 4. The normalized spacial score (nSPS) is 10.5. The molecule has 0 aliphatic rings. The van der Waals surface area contributed by atoms with Crippen LogP contribution in [0.2, 0.25) is 10.0 Å². The minimum absolute atomic E-state index is 0. The number of rotatable bonds is 6. The van der Waals surface area contributed by atoms with Gasteiger partial charge in [-0.05, 0) is 44.4 Å². The predicted molar refractivity (Wildman–Crippen MR) is 119 cm³/mol. The predicted octanol–water partition coefficient (Wildman–Crippen LogP) is 3.93. The van der Waals surface area contributed by atoms with Crippen molar-refractivity contribution in [1.29, 1.82) is 0 Å². The summed E-state index contributed by atoms with van der Waals surface area (Å²) < 4.78 is 1.79. The molecule has 2 heterocycles. The Kier molecular flexibility index (Phi) is 9.47. The quantitative estimate of drug-likeness (QED) is 0.600. The SMILES string of the molecule is CN(C)CCNC(=O)Cn1c(-c2ccc(Cl)c(Cl)c2)nc2cccnc21.Cl.Cl. The average Bonchev–Trinajstić information content (AvgIpc) is 2.96. The standard InChI is InChI=1S/C18H19Cl2N5O.2ClH/c1-24(2)9-8-21-16(26)11-25-17(12-5-6-13(19)14(20)10-12)23-15-4-3-7-22-18(15)25;;/h3-7,10H,8-9,11H2,1-2H3,(H,21,26);2*1H. The number of nitrogens with one attached hydrogen (secondary N) is 1. The van der Waals surface area contributed by atoms with E-state index in [4.69, 9.17) is 23.2 Å². The summed E-state index contributed by atoms with van der Waals surface area (Å²) in [5, 5.41) is 3.82. The van der Waals surface area contributed by atoms with Crippen molar-refractivity contribution >= 4 is 65.1 Å². The van der Waals surface area contributed by atoms with Crippen molar-refractivity contribution in [1.82, 2.24) is 24.8 Å². The first-order chi connectivity index (χ1) is 12.5. The molecule has 0 unspecified atom stereocenters. The number of hydrogen-bond acceptors (Lipinski definition) is 4. The number of amides is 1. The Hall–Kier alpha value is -1.57. The number of fused-ring (bicyclic) bond motifs is 1. The van der Waals surface area contributed by atoms with Crippen molar-refractivity contribution in [3.8, 4) is 11.4 Å². The first-order valence-corrected chi connectivity index (χ1v) is 8.89. The fraction of sp³-hybridized carbons (Fsp3) is 0.278. The Bertz CT molecular complexity index is 945. The van der Waals surface area contributed by atoms with Crippen molar-refractivity contribution in [2.45, 2.75) is 6.54 Å². The van der Waals surface area contributed by atoms with Gasteiger partial charge in [0.15, 0.2) is 5.65 Å². The first-order valence-electron chi connectivity index (χ1n) is 8.14. The molecule has 3 aromatic rings. The minimum Gasteiger partial charge on any atom is -0.353 e. The van der Waals surface area contributed by atoms with E-state index in [0.29, 0.717) is 28.1 Å². The van der Waals surface area contributed by atoms with Gasteiger partial charge in [0.05, 0.1) is 10.0 Å². The van der Waals surface area contributed by atoms with E-state index in [2.05, 4.69) is 15.3 Å². The molecular formula is C18H21Cl4N5O. The third kappa shape index (κ3) is 5.72. The number of imidazole rings is 1. The molecule has 0 radical (unpaired) electrons. The number of carbonyl (C=O) groups is 1. The minimum atomic E-state index is -0.0990. The van der Waals surface area contributed by atoms with Crippen LogP contribution in [0.25, 0.3) is 22.6 Å². The number of nitrogens with zero attached hydrogens (tertiary/aromatic N) is 4. The van der Waals surface area contributed by atoms with E-state index in [0.717, 1.165) is 17.6 Å². The summed E-state index contributed by atoms with van der Waals surface area (Å²) in [6.07, 6.45) is 1.68. The number of likely N-dealkylation sites (N-methyl/N-ethyl adjacent to an activating group) is 1. The van der Waals surface area contributed by atoms with Crippen molar-refractivity contribution in [2.75, 3.05) is 27.2 Å². The van der Waals surface area contributed by atoms with Crippen molar-refractivity contribution in [3.63, 3.8) is 0 Å². The lowest BCUT2D eigenvalue weighted by molar-refractivity contribution is -0.121. The van der Waals surface area contributed by atoms with E-state index in [9.17, 15) is 4.79 Å². The van der Waals surface area contributed by atoms with Gasteiger partial charge in [-0.15, -0.1) is 24.8 Å². The number of pyridine rings is 1. The van der Waals surface area contributed by atoms with E-state index < -0.39 is 0 Å². The van der Waals surface area contributed by atoms with E-state index in [1.807, 2.05) is 37.2 Å². The lowest BCUT2D eigenvalue weighted by Gasteiger charge is -2.12. The molecule has 10 heteroatoms. The molecule has 1 amide bonds. The van der Waals surface area contributed by atoms with Crippen molar-refractivity contribution in [3.05, 3.63) is 46.6 Å². The Morgan fingerprint density at radius 2 is 1.93 bits per heavy atom. The van der Waals surface area contributed by atoms with E-state index in [1.165, 1.54) is 0 Å². The smallest absolute Gasteiger partial charge is 0.240 e. The van der Waals surface area contributed by atoms with Crippen LogP contribution >= 0.6 is 48.0 Å². The van der Waals surface area contributed by atoms with Crippen LogP contribution in [0.5, 0.6) is 0 Å². The highest BCUT2D eigenvalue weighted by Crippen LogP contribution is 2.29. The molecule has 0 saturated heterocycles. The largest absolute Gasteiger partial charge is 0.353 e. The molecule has 0 spiro atoms. The Morgan fingerprint density at radius 3 is 2.61 bits per heavy atom. The Morgan fingerprint density at radius 1 is 1.18 bits per heavy atom. The van der Waals surface area contributed by atoms with E-state index >= 15 is 0 Å². The molecule has 152 valence electrons. The summed E-state index contributed by atoms with van der Waals surface area (Å²) in [4.78, 5) is 23.4. The summed E-state index contributed by atoms with van der Waals surface area (Å²) in [7, 11) is 3.92. The lowest BCUT2D eigenvalue weighted by Crippen LogP contribution is -2.33. The zero-order chi connectivity index (χ0) is 18.7. The van der Waals surface area contributed by atoms with Gasteiger partial charge in [-0.25, -0.2) is 9.97 Å². The van der Waals surface area contributed by atoms with Gasteiger partial charge in [-0.3, -0.25) is 9.36 Å². The highest BCUT2D eigenvalue weighted by molar-refractivity contribution is 6.42. The monoisotopic (exact) mass is 463 g/mol. The molecule has 2 aromatic heterocycles. The zero-order valence-corrected chi connectivity index (χ0v) is 18.5. The fourth-order valence-corrected chi connectivity index (χ4v) is 2.88. The average molecular weight is 465 g/mol. The maximum Gasteiger partial charge on any atom is 0.240 e. The van der Waals surface area contributed by atoms with Crippen LogP contribution in [-0.2, 0) is 11.3 Å². The molecule has 0 saturated carbocycles. The summed E-state index contributed by atoms with van der Waals surface area (Å²) in [6.45, 7) is 1.47. The first kappa shape index (κ1) is 24.5. The highest BCUT2D eigenvalue weighted by Gasteiger charge is 2.16. The van der Waals surface area contributed by atoms with Gasteiger partial charge in [0.1, 0.15) is 17.9 Å². The molecule has 6 nitrogen and oxygen atoms in total. The Balaban J connectivity index is 0.00000196. The summed E-state index contributed by atoms with van der Waals surface area (Å²) >= 11 is 12.2. The van der Waals surface area contributed by atoms with Gasteiger partial charge in [0, 0.05) is 24.8 Å². The molecule has 28 heavy (non-hydrogen) atoms. The van der Waals surface area contributed by atoms with Gasteiger partial charge < -0.3 is 10.2 Å². The van der Waals surface area contributed by atoms with Crippen LogP contribution in [0.3, 0.4) is 0 Å². The number of carbonyl (C=O) groups excluding carboxylic acids is 1. The fourth-order valence-electron chi connectivity index (χ4n) is 2.58. The van der Waals surface area contributed by atoms with Crippen LogP contribution in [0.15, 0.2) is 36.5 Å². The third-order valence-electron chi connectivity index (χ3n) is 3.86. The molecule has 1 N–H and O–H groups in total. The summed E-state index contributed by atoms with van der Waals surface area (Å²) in [6, 6.07) is 8.97. The third-order valence-corrected chi connectivity index (χ3v) is 4.60. The Labute approximate surface area is 186 Å². The maximum absolute atomic E-state index is 12.4. The van der Waals surface area contributed by atoms with E-state index in [-0.39, 0.29) is 37.3 Å². The topological polar surface area (TPSA) is 63.1 Å². The zero-order valence-electron chi connectivity index (χ0n) is 15.4. The second kappa shape index (κ2) is 10.8. The molecule has 1 aromatic carbocycles. The van der Waals surface area contributed by atoms with Crippen LogP contribution < -0.4 is 5.32 Å². The molecular weight excluding hydrogens is 444 g/mol. The van der Waals surface area contributed by atoms with Crippen LogP contribution in [0, 0.1) is 0 Å². The summed E-state index contributed by atoms with van der Waals surface area (Å²) in [5.74, 6) is 0.526. The second-order valence-corrected chi connectivity index (χ2v) is 6.96. The molecule has 0 fully saturated rings. The van der Waals surface area contributed by atoms with Crippen LogP contribution in [-0.4, -0.2) is 52.5 Å². The summed E-state index contributed by atoms with van der Waals surface area (Å²) in [5.41, 5.74) is 2.14. The van der Waals surface area contributed by atoms with Gasteiger partial charge in [0.25, 0.3) is 0 Å². The van der Waals surface area contributed by atoms with Crippen LogP contribution in [0.4, 0.5) is 0 Å². The van der Waals surface area contributed by atoms with Crippen molar-refractivity contribution in [2.24, 2.45) is 0 Å². The number of hydrogen-bond donors (Lipinski definition) is 1.